The highest BCUT2D eigenvalue weighted by Gasteiger charge is 1.94. The second-order valence-electron chi connectivity index (χ2n) is 2.05. The summed E-state index contributed by atoms with van der Waals surface area (Å²) in [7, 11) is -1.87. The summed E-state index contributed by atoms with van der Waals surface area (Å²) in [6.45, 7) is 1.73. The minimum absolute atomic E-state index is 0.200. The molecular weight excluding hydrogens is 165 g/mol. The molecule has 1 heterocycles. The molecule has 0 aliphatic rings. The molecule has 0 saturated heterocycles. The van der Waals surface area contributed by atoms with Crippen LogP contribution in [0.25, 0.3) is 0 Å². The summed E-state index contributed by atoms with van der Waals surface area (Å²) in [5.74, 6) is 0.435. The highest BCUT2D eigenvalue weighted by atomic mass is 31.1. The quantitative estimate of drug-likeness (QED) is 0.681. The number of hydrogen-bond acceptors (Lipinski definition) is 4. The molecule has 1 aromatic rings. The van der Waals surface area contributed by atoms with Gasteiger partial charge in [-0.25, -0.2) is 4.68 Å². The molecule has 0 amide bonds. The van der Waals surface area contributed by atoms with E-state index >= 15 is 0 Å². The van der Waals surface area contributed by atoms with E-state index in [0.717, 1.165) is 0 Å². The molecule has 0 saturated carbocycles. The van der Waals surface area contributed by atoms with Crippen molar-refractivity contribution in [1.29, 1.82) is 0 Å². The summed E-state index contributed by atoms with van der Waals surface area (Å²) in [4.78, 5) is 0. The Morgan fingerprint density at radius 3 is 3.09 bits per heavy atom. The van der Waals surface area contributed by atoms with Crippen molar-refractivity contribution in [2.45, 2.75) is 6.73 Å². The molecule has 2 N–H and O–H groups in total. The Morgan fingerprint density at radius 2 is 2.64 bits per heavy atom. The topological polar surface area (TPSA) is 70.1 Å². The molecule has 1 aromatic heterocycles. The van der Waals surface area contributed by atoms with Crippen LogP contribution in [-0.2, 0) is 15.8 Å². The van der Waals surface area contributed by atoms with Crippen LogP contribution in [0.2, 0.25) is 0 Å². The van der Waals surface area contributed by atoms with Gasteiger partial charge >= 0.3 is 0 Å². The first kappa shape index (κ1) is 8.30. The molecule has 1 rings (SSSR count). The smallest absolute Gasteiger partial charge is 0.190 e. The summed E-state index contributed by atoms with van der Waals surface area (Å²) in [6, 6.07) is 1.65. The van der Waals surface area contributed by atoms with Gasteiger partial charge in [-0.1, -0.05) is 0 Å². The molecule has 0 aromatic carbocycles. The van der Waals surface area contributed by atoms with Crippen molar-refractivity contribution in [3.05, 3.63) is 12.3 Å². The third kappa shape index (κ3) is 2.74. The average molecular weight is 175 g/mol. The number of nitrogens with two attached hydrogens (primary N) is 1. The van der Waals surface area contributed by atoms with E-state index in [2.05, 4.69) is 5.10 Å². The molecule has 5 nitrogen and oxygen atoms in total. The Hall–Kier alpha value is -0.800. The zero-order valence-corrected chi connectivity index (χ0v) is 7.15. The number of nitrogen functional groups attached to an aromatic ring is 1. The van der Waals surface area contributed by atoms with Crippen LogP contribution in [0, 0.1) is 0 Å². The van der Waals surface area contributed by atoms with Crippen molar-refractivity contribution < 1.29 is 9.09 Å². The van der Waals surface area contributed by atoms with E-state index in [1.54, 1.807) is 12.3 Å². The first-order chi connectivity index (χ1) is 5.18. The predicted octanol–water partition coefficient (Wildman–Crippen LogP) is 0.544. The first-order valence-electron chi connectivity index (χ1n) is 3.11. The molecule has 0 aliphatic carbocycles. The Kier molecular flexibility index (Phi) is 2.68. The normalized spacial score (nSPS) is 13.2. The average Bonchev–Trinajstić information content (AvgIpc) is 2.31. The van der Waals surface area contributed by atoms with E-state index in [-0.39, 0.29) is 6.73 Å². The minimum atomic E-state index is -1.87. The van der Waals surface area contributed by atoms with Crippen LogP contribution in [0.5, 0.6) is 0 Å². The highest BCUT2D eigenvalue weighted by Crippen LogP contribution is 2.15. The maximum atomic E-state index is 10.5. The number of nitrogens with zero attached hydrogens (tertiary/aromatic N) is 2. The molecule has 62 valence electrons. The van der Waals surface area contributed by atoms with Gasteiger partial charge in [0.05, 0.1) is 0 Å². The van der Waals surface area contributed by atoms with E-state index in [9.17, 15) is 4.57 Å². The van der Waals surface area contributed by atoms with Gasteiger partial charge < -0.3 is 10.3 Å². The van der Waals surface area contributed by atoms with E-state index in [0.29, 0.717) is 5.82 Å². The monoisotopic (exact) mass is 175 g/mol. The van der Waals surface area contributed by atoms with Gasteiger partial charge in [0.15, 0.2) is 8.03 Å². The van der Waals surface area contributed by atoms with E-state index < -0.39 is 8.03 Å². The first-order valence-corrected chi connectivity index (χ1v) is 4.92. The van der Waals surface area contributed by atoms with Crippen LogP contribution in [0.4, 0.5) is 5.82 Å². The molecular formula is C5H10N3O2P. The summed E-state index contributed by atoms with van der Waals surface area (Å²) in [5.41, 5.74) is 5.33. The zero-order chi connectivity index (χ0) is 8.27. The zero-order valence-electron chi connectivity index (χ0n) is 6.15. The van der Waals surface area contributed by atoms with Crippen LogP contribution >= 0.6 is 8.03 Å². The second-order valence-corrected chi connectivity index (χ2v) is 3.32. The Labute approximate surface area is 65.0 Å². The minimum Gasteiger partial charge on any atom is -0.382 e. The largest absolute Gasteiger partial charge is 0.382 e. The summed E-state index contributed by atoms with van der Waals surface area (Å²) in [6.07, 6.45) is 1.67. The molecule has 1 atom stereocenters. The lowest BCUT2D eigenvalue weighted by molar-refractivity contribution is 0.236. The van der Waals surface area contributed by atoms with Gasteiger partial charge in [-0.3, -0.25) is 4.57 Å². The van der Waals surface area contributed by atoms with Crippen LogP contribution < -0.4 is 5.73 Å². The molecule has 0 aliphatic heterocycles. The summed E-state index contributed by atoms with van der Waals surface area (Å²) >= 11 is 0. The van der Waals surface area contributed by atoms with Crippen molar-refractivity contribution in [2.75, 3.05) is 12.4 Å². The van der Waals surface area contributed by atoms with Crippen molar-refractivity contribution in [3.8, 4) is 0 Å². The molecule has 0 fully saturated rings. The summed E-state index contributed by atoms with van der Waals surface area (Å²) in [5, 5.41) is 3.83. The maximum Gasteiger partial charge on any atom is 0.190 e. The van der Waals surface area contributed by atoms with Gasteiger partial charge in [-0.15, -0.1) is 0 Å². The van der Waals surface area contributed by atoms with Gasteiger partial charge in [-0.05, 0) is 0 Å². The van der Waals surface area contributed by atoms with Crippen molar-refractivity contribution in [1.82, 2.24) is 9.78 Å². The van der Waals surface area contributed by atoms with Crippen molar-refractivity contribution >= 4 is 13.8 Å². The predicted molar refractivity (Wildman–Crippen MR) is 42.6 cm³/mol. The third-order valence-corrected chi connectivity index (χ3v) is 1.60. The third-order valence-electron chi connectivity index (χ3n) is 1.06. The maximum absolute atomic E-state index is 10.5. The molecule has 11 heavy (non-hydrogen) atoms. The van der Waals surface area contributed by atoms with Crippen LogP contribution in [-0.4, -0.2) is 16.4 Å². The lowest BCUT2D eigenvalue weighted by atomic mass is 10.7. The molecule has 1 unspecified atom stereocenters. The second kappa shape index (κ2) is 3.55. The Morgan fingerprint density at radius 1 is 1.91 bits per heavy atom. The standard InChI is InChI=1S/C5H10N3O2P/c1-11(9)10-4-8-3-2-5(6)7-8/h2-3,11H,4H2,1H3,(H2,6,7). The van der Waals surface area contributed by atoms with E-state index in [1.165, 1.54) is 11.3 Å². The molecule has 6 heteroatoms. The van der Waals surface area contributed by atoms with E-state index in [1.807, 2.05) is 0 Å². The lowest BCUT2D eigenvalue weighted by Gasteiger charge is -1.98. The SMILES string of the molecule is C[PH](=O)OCn1ccc(N)n1. The highest BCUT2D eigenvalue weighted by molar-refractivity contribution is 7.38. The lowest BCUT2D eigenvalue weighted by Crippen LogP contribution is -1.99. The fraction of sp³-hybridized carbons (Fsp3) is 0.400. The van der Waals surface area contributed by atoms with Gasteiger partial charge in [0.25, 0.3) is 0 Å². The molecule has 0 spiro atoms. The molecule has 0 bridgehead atoms. The van der Waals surface area contributed by atoms with Gasteiger partial charge in [0, 0.05) is 18.9 Å². The van der Waals surface area contributed by atoms with Crippen LogP contribution in [0.3, 0.4) is 0 Å². The molecule has 0 radical (unpaired) electrons. The van der Waals surface area contributed by atoms with Gasteiger partial charge in [0.2, 0.25) is 0 Å². The number of hydrogen-bond donors (Lipinski definition) is 1. The van der Waals surface area contributed by atoms with Crippen LogP contribution in [0.1, 0.15) is 0 Å². The van der Waals surface area contributed by atoms with Crippen molar-refractivity contribution in [3.63, 3.8) is 0 Å². The van der Waals surface area contributed by atoms with Crippen LogP contribution in [0.15, 0.2) is 12.3 Å². The Balaban J connectivity index is 2.45. The fourth-order valence-electron chi connectivity index (χ4n) is 0.606. The summed E-state index contributed by atoms with van der Waals surface area (Å²) < 4.78 is 16.8. The van der Waals surface area contributed by atoms with Gasteiger partial charge in [-0.2, -0.15) is 5.10 Å². The number of anilines is 1. The number of aromatic nitrogens is 2. The Bertz CT molecular complexity index is 260. The fourth-order valence-corrected chi connectivity index (χ4v) is 0.920. The van der Waals surface area contributed by atoms with Crippen molar-refractivity contribution in [2.24, 2.45) is 0 Å². The van der Waals surface area contributed by atoms with Gasteiger partial charge in [0.1, 0.15) is 12.5 Å². The number of rotatable bonds is 3. The van der Waals surface area contributed by atoms with E-state index in [4.69, 9.17) is 10.3 Å².